The highest BCUT2D eigenvalue weighted by atomic mass is 16.4. The Balaban J connectivity index is 1.93. The highest BCUT2D eigenvalue weighted by molar-refractivity contribution is 5.75. The van der Waals surface area contributed by atoms with E-state index in [0.717, 1.165) is 26.1 Å². The number of aliphatic carboxylic acids is 1. The molecule has 1 unspecified atom stereocenters. The largest absolute Gasteiger partial charge is 0.481 e. The van der Waals surface area contributed by atoms with Crippen LogP contribution in [0.1, 0.15) is 20.3 Å². The summed E-state index contributed by atoms with van der Waals surface area (Å²) >= 11 is 0. The van der Waals surface area contributed by atoms with Crippen LogP contribution in [0.4, 0.5) is 0 Å². The van der Waals surface area contributed by atoms with Crippen molar-refractivity contribution in [3.63, 3.8) is 0 Å². The van der Waals surface area contributed by atoms with Crippen LogP contribution in [0.3, 0.4) is 0 Å². The molecule has 1 aliphatic heterocycles. The van der Waals surface area contributed by atoms with Gasteiger partial charge in [0.05, 0.1) is 12.0 Å². The molecule has 1 aromatic heterocycles. The van der Waals surface area contributed by atoms with Gasteiger partial charge in [-0.3, -0.25) is 9.48 Å². The van der Waals surface area contributed by atoms with Gasteiger partial charge in [-0.1, -0.05) is 13.8 Å². The fraction of sp³-hybridized carbons (Fsp3) is 0.692. The predicted octanol–water partition coefficient (Wildman–Crippen LogP) is 1.32. The van der Waals surface area contributed by atoms with Gasteiger partial charge in [-0.05, 0) is 24.9 Å². The van der Waals surface area contributed by atoms with Crippen LogP contribution in [-0.4, -0.2) is 45.4 Å². The van der Waals surface area contributed by atoms with Crippen LogP contribution in [0.15, 0.2) is 18.5 Å². The summed E-state index contributed by atoms with van der Waals surface area (Å²) in [6.07, 6.45) is 4.45. The minimum absolute atomic E-state index is 0.171. The maximum atomic E-state index is 11.5. The first kappa shape index (κ1) is 13.1. The SMILES string of the molecule is CC(C)C1(C(=O)O)CCN(CCn2cccn2)C1. The van der Waals surface area contributed by atoms with Gasteiger partial charge in [0.15, 0.2) is 0 Å². The molecule has 1 saturated heterocycles. The average Bonchev–Trinajstić information content (AvgIpc) is 2.96. The molecule has 1 N–H and O–H groups in total. The van der Waals surface area contributed by atoms with E-state index in [1.807, 2.05) is 30.8 Å². The minimum atomic E-state index is -0.654. The van der Waals surface area contributed by atoms with E-state index in [4.69, 9.17) is 0 Å². The summed E-state index contributed by atoms with van der Waals surface area (Å²) in [6, 6.07) is 1.90. The summed E-state index contributed by atoms with van der Waals surface area (Å²) in [5, 5.41) is 13.6. The Morgan fingerprint density at radius 2 is 2.28 bits per heavy atom. The lowest BCUT2D eigenvalue weighted by molar-refractivity contribution is -0.151. The van der Waals surface area contributed by atoms with Gasteiger partial charge in [-0.15, -0.1) is 0 Å². The number of rotatable bonds is 5. The number of carboxylic acid groups (broad SMARTS) is 1. The second-order valence-corrected chi connectivity index (χ2v) is 5.41. The van der Waals surface area contributed by atoms with Crippen LogP contribution in [0.2, 0.25) is 0 Å². The highest BCUT2D eigenvalue weighted by Gasteiger charge is 2.46. The topological polar surface area (TPSA) is 58.4 Å². The first-order valence-corrected chi connectivity index (χ1v) is 6.48. The monoisotopic (exact) mass is 251 g/mol. The van der Waals surface area contributed by atoms with E-state index in [1.54, 1.807) is 6.20 Å². The van der Waals surface area contributed by atoms with Crippen molar-refractivity contribution in [3.8, 4) is 0 Å². The molecule has 2 rings (SSSR count). The maximum absolute atomic E-state index is 11.5. The van der Waals surface area contributed by atoms with Gasteiger partial charge >= 0.3 is 5.97 Å². The van der Waals surface area contributed by atoms with Gasteiger partial charge in [0.1, 0.15) is 0 Å². The summed E-state index contributed by atoms with van der Waals surface area (Å²) < 4.78 is 1.89. The number of likely N-dealkylation sites (tertiary alicyclic amines) is 1. The van der Waals surface area contributed by atoms with E-state index in [0.29, 0.717) is 6.54 Å². The Bertz CT molecular complexity index is 402. The molecule has 5 heteroatoms. The highest BCUT2D eigenvalue weighted by Crippen LogP contribution is 2.37. The summed E-state index contributed by atoms with van der Waals surface area (Å²) in [5.41, 5.74) is -0.565. The second kappa shape index (κ2) is 5.10. The molecule has 1 aliphatic rings. The van der Waals surface area contributed by atoms with Crippen molar-refractivity contribution in [2.24, 2.45) is 11.3 Å². The first-order valence-electron chi connectivity index (χ1n) is 6.48. The van der Waals surface area contributed by atoms with E-state index in [2.05, 4.69) is 10.00 Å². The predicted molar refractivity (Wildman–Crippen MR) is 68.2 cm³/mol. The van der Waals surface area contributed by atoms with Crippen molar-refractivity contribution >= 4 is 5.97 Å². The molecule has 0 amide bonds. The summed E-state index contributed by atoms with van der Waals surface area (Å²) in [4.78, 5) is 13.7. The van der Waals surface area contributed by atoms with Crippen molar-refractivity contribution in [1.82, 2.24) is 14.7 Å². The lowest BCUT2D eigenvalue weighted by atomic mass is 9.76. The van der Waals surface area contributed by atoms with Crippen molar-refractivity contribution in [2.45, 2.75) is 26.8 Å². The van der Waals surface area contributed by atoms with Gasteiger partial charge in [0.25, 0.3) is 0 Å². The standard InChI is InChI=1S/C13H21N3O2/c1-11(2)13(12(17)18)4-7-15(10-13)8-9-16-6-3-5-14-16/h3,5-6,11H,4,7-10H2,1-2H3,(H,17,18). The molecule has 100 valence electrons. The van der Waals surface area contributed by atoms with Crippen LogP contribution in [0.5, 0.6) is 0 Å². The summed E-state index contributed by atoms with van der Waals surface area (Å²) in [7, 11) is 0. The van der Waals surface area contributed by atoms with E-state index >= 15 is 0 Å². The molecule has 1 atom stereocenters. The van der Waals surface area contributed by atoms with Crippen LogP contribution < -0.4 is 0 Å². The van der Waals surface area contributed by atoms with Gasteiger partial charge in [-0.25, -0.2) is 0 Å². The third kappa shape index (κ3) is 2.41. The molecule has 0 saturated carbocycles. The lowest BCUT2D eigenvalue weighted by Gasteiger charge is -2.28. The van der Waals surface area contributed by atoms with Crippen molar-refractivity contribution in [3.05, 3.63) is 18.5 Å². The molecule has 0 spiro atoms. The number of aromatic nitrogens is 2. The molecule has 1 aromatic rings. The molecule has 0 radical (unpaired) electrons. The average molecular weight is 251 g/mol. The molecular weight excluding hydrogens is 230 g/mol. The smallest absolute Gasteiger partial charge is 0.311 e. The third-order valence-corrected chi connectivity index (χ3v) is 4.12. The fourth-order valence-corrected chi connectivity index (χ4v) is 2.67. The van der Waals surface area contributed by atoms with Crippen molar-refractivity contribution in [1.29, 1.82) is 0 Å². The molecule has 18 heavy (non-hydrogen) atoms. The third-order valence-electron chi connectivity index (χ3n) is 4.12. The number of hydrogen-bond donors (Lipinski definition) is 1. The number of nitrogens with zero attached hydrogens (tertiary/aromatic N) is 3. The van der Waals surface area contributed by atoms with Crippen LogP contribution in [0, 0.1) is 11.3 Å². The van der Waals surface area contributed by atoms with Crippen molar-refractivity contribution in [2.75, 3.05) is 19.6 Å². The Kier molecular flexibility index (Phi) is 3.71. The van der Waals surface area contributed by atoms with E-state index in [1.165, 1.54) is 0 Å². The normalized spacial score (nSPS) is 24.8. The molecule has 0 aromatic carbocycles. The zero-order valence-electron chi connectivity index (χ0n) is 11.0. The number of hydrogen-bond acceptors (Lipinski definition) is 3. The molecule has 5 nitrogen and oxygen atoms in total. The quantitative estimate of drug-likeness (QED) is 0.857. The van der Waals surface area contributed by atoms with E-state index in [9.17, 15) is 9.90 Å². The Labute approximate surface area is 107 Å². The van der Waals surface area contributed by atoms with Gasteiger partial charge < -0.3 is 10.0 Å². The maximum Gasteiger partial charge on any atom is 0.311 e. The van der Waals surface area contributed by atoms with Gasteiger partial charge in [-0.2, -0.15) is 5.10 Å². The van der Waals surface area contributed by atoms with E-state index < -0.39 is 11.4 Å². The Morgan fingerprint density at radius 3 is 2.78 bits per heavy atom. The number of carbonyl (C=O) groups is 1. The zero-order valence-corrected chi connectivity index (χ0v) is 11.0. The Morgan fingerprint density at radius 1 is 1.50 bits per heavy atom. The van der Waals surface area contributed by atoms with E-state index in [-0.39, 0.29) is 5.92 Å². The minimum Gasteiger partial charge on any atom is -0.481 e. The van der Waals surface area contributed by atoms with Gasteiger partial charge in [0, 0.05) is 25.5 Å². The van der Waals surface area contributed by atoms with Crippen LogP contribution >= 0.6 is 0 Å². The molecule has 1 fully saturated rings. The van der Waals surface area contributed by atoms with Gasteiger partial charge in [0.2, 0.25) is 0 Å². The van der Waals surface area contributed by atoms with Crippen LogP contribution in [0.25, 0.3) is 0 Å². The first-order chi connectivity index (χ1) is 8.54. The number of carboxylic acids is 1. The summed E-state index contributed by atoms with van der Waals surface area (Å²) in [6.45, 7) is 7.22. The fourth-order valence-electron chi connectivity index (χ4n) is 2.67. The zero-order chi connectivity index (χ0) is 13.2. The van der Waals surface area contributed by atoms with Crippen molar-refractivity contribution < 1.29 is 9.90 Å². The second-order valence-electron chi connectivity index (χ2n) is 5.41. The molecule has 2 heterocycles. The lowest BCUT2D eigenvalue weighted by Crippen LogP contribution is -2.39. The molecular formula is C13H21N3O2. The molecule has 0 bridgehead atoms. The molecule has 0 aliphatic carbocycles. The summed E-state index contributed by atoms with van der Waals surface area (Å²) in [5.74, 6) is -0.483. The Hall–Kier alpha value is -1.36. The van der Waals surface area contributed by atoms with Crippen LogP contribution in [-0.2, 0) is 11.3 Å².